The molecule has 0 fully saturated rings. The second kappa shape index (κ2) is 6.89. The smallest absolute Gasteiger partial charge is 0.258 e. The van der Waals surface area contributed by atoms with E-state index < -0.39 is 0 Å². The Hall–Kier alpha value is -2.72. The molecule has 1 heterocycles. The molecular weight excluding hydrogens is 340 g/mol. The quantitative estimate of drug-likeness (QED) is 0.646. The summed E-state index contributed by atoms with van der Waals surface area (Å²) in [6.07, 6.45) is -0.143. The molecule has 0 saturated carbocycles. The van der Waals surface area contributed by atoms with Crippen LogP contribution in [0.4, 0.5) is 5.69 Å². The van der Waals surface area contributed by atoms with Crippen LogP contribution in [0, 0.1) is 0 Å². The lowest BCUT2D eigenvalue weighted by molar-refractivity contribution is 0.0636. The number of anilines is 1. The number of nitrogens with one attached hydrogen (secondary N) is 1. The summed E-state index contributed by atoms with van der Waals surface area (Å²) in [6.45, 7) is 2.02. The van der Waals surface area contributed by atoms with E-state index in [0.717, 1.165) is 21.7 Å². The maximum absolute atomic E-state index is 13.4. The minimum atomic E-state index is -0.156. The van der Waals surface area contributed by atoms with Crippen molar-refractivity contribution in [2.45, 2.75) is 24.0 Å². The molecule has 3 aromatic carbocycles. The molecule has 1 atom stereocenters. The molecule has 1 aliphatic heterocycles. The van der Waals surface area contributed by atoms with Crippen molar-refractivity contribution in [3.8, 4) is 0 Å². The summed E-state index contributed by atoms with van der Waals surface area (Å²) in [4.78, 5) is 16.1. The maximum atomic E-state index is 13.4. The van der Waals surface area contributed by atoms with Crippen molar-refractivity contribution in [2.24, 2.45) is 0 Å². The van der Waals surface area contributed by atoms with Gasteiger partial charge in [0.2, 0.25) is 0 Å². The highest BCUT2D eigenvalue weighted by atomic mass is 32.1. The van der Waals surface area contributed by atoms with Crippen LogP contribution in [0.3, 0.4) is 0 Å². The third kappa shape index (κ3) is 2.97. The molecule has 0 bridgehead atoms. The van der Waals surface area contributed by atoms with E-state index in [1.807, 2.05) is 66.4 Å². The van der Waals surface area contributed by atoms with Crippen LogP contribution >= 0.6 is 12.6 Å². The number of nitrogens with zero attached hydrogens (tertiary/aromatic N) is 1. The fraction of sp³-hybridized carbons (Fsp3) is 0.136. The van der Waals surface area contributed by atoms with Crippen molar-refractivity contribution in [1.82, 2.24) is 4.90 Å². The van der Waals surface area contributed by atoms with E-state index in [4.69, 9.17) is 0 Å². The predicted octanol–water partition coefficient (Wildman–Crippen LogP) is 4.98. The van der Waals surface area contributed by atoms with Gasteiger partial charge in [0.15, 0.2) is 0 Å². The van der Waals surface area contributed by atoms with Gasteiger partial charge in [-0.05, 0) is 36.2 Å². The number of amides is 1. The minimum absolute atomic E-state index is 0.0253. The average Bonchev–Trinajstić information content (AvgIpc) is 2.66. The van der Waals surface area contributed by atoms with Crippen LogP contribution in [0.15, 0.2) is 83.8 Å². The molecule has 1 aliphatic rings. The standard InChI is InChI=1S/C22H20N2OS/c1-15-23-20-14-18(26)12-13-19(20)22(25)24(15)21(16-8-4-2-5-9-16)17-10-6-3-7-11-17/h2-15,21,23,26H,1H3. The van der Waals surface area contributed by atoms with Crippen molar-refractivity contribution in [1.29, 1.82) is 0 Å². The van der Waals surface area contributed by atoms with Gasteiger partial charge in [-0.15, -0.1) is 12.6 Å². The van der Waals surface area contributed by atoms with Gasteiger partial charge in [0, 0.05) is 10.6 Å². The molecule has 26 heavy (non-hydrogen) atoms. The molecule has 1 unspecified atom stereocenters. The number of benzene rings is 3. The molecular formula is C22H20N2OS. The van der Waals surface area contributed by atoms with E-state index in [1.54, 1.807) is 0 Å². The van der Waals surface area contributed by atoms with Crippen molar-refractivity contribution in [2.75, 3.05) is 5.32 Å². The number of hydrogen-bond acceptors (Lipinski definition) is 3. The number of carbonyl (C=O) groups is 1. The van der Waals surface area contributed by atoms with Crippen LogP contribution in [-0.2, 0) is 0 Å². The van der Waals surface area contributed by atoms with Gasteiger partial charge >= 0.3 is 0 Å². The van der Waals surface area contributed by atoms with Crippen LogP contribution in [0.25, 0.3) is 0 Å². The van der Waals surface area contributed by atoms with E-state index >= 15 is 0 Å². The first-order valence-electron chi connectivity index (χ1n) is 8.67. The highest BCUT2D eigenvalue weighted by molar-refractivity contribution is 7.80. The van der Waals surface area contributed by atoms with Crippen LogP contribution in [0.5, 0.6) is 0 Å². The number of rotatable bonds is 3. The second-order valence-corrected chi connectivity index (χ2v) is 7.00. The van der Waals surface area contributed by atoms with Crippen LogP contribution in [-0.4, -0.2) is 17.0 Å². The highest BCUT2D eigenvalue weighted by Gasteiger charge is 2.36. The zero-order valence-electron chi connectivity index (χ0n) is 14.5. The monoisotopic (exact) mass is 360 g/mol. The molecule has 1 N–H and O–H groups in total. The van der Waals surface area contributed by atoms with Gasteiger partial charge in [-0.3, -0.25) is 4.79 Å². The van der Waals surface area contributed by atoms with Crippen LogP contribution in [0.1, 0.15) is 34.5 Å². The summed E-state index contributed by atoms with van der Waals surface area (Å²) in [7, 11) is 0. The molecule has 0 radical (unpaired) electrons. The van der Waals surface area contributed by atoms with E-state index in [0.29, 0.717) is 5.56 Å². The third-order valence-electron chi connectivity index (χ3n) is 4.76. The zero-order chi connectivity index (χ0) is 18.1. The van der Waals surface area contributed by atoms with Crippen molar-refractivity contribution < 1.29 is 4.79 Å². The van der Waals surface area contributed by atoms with E-state index in [2.05, 4.69) is 42.2 Å². The molecule has 1 amide bonds. The first kappa shape index (κ1) is 16.7. The third-order valence-corrected chi connectivity index (χ3v) is 5.04. The Bertz CT molecular complexity index is 888. The summed E-state index contributed by atoms with van der Waals surface area (Å²) < 4.78 is 0. The first-order chi connectivity index (χ1) is 12.6. The summed E-state index contributed by atoms with van der Waals surface area (Å²) in [5.74, 6) is 0.0253. The van der Waals surface area contributed by atoms with Gasteiger partial charge < -0.3 is 10.2 Å². The molecule has 3 nitrogen and oxygen atoms in total. The summed E-state index contributed by atoms with van der Waals surface area (Å²) in [5.41, 5.74) is 3.70. The minimum Gasteiger partial charge on any atom is -0.365 e. The molecule has 0 spiro atoms. The number of fused-ring (bicyclic) bond motifs is 1. The van der Waals surface area contributed by atoms with E-state index in [1.165, 1.54) is 0 Å². The number of carbonyl (C=O) groups excluding carboxylic acids is 1. The Morgan fingerprint density at radius 3 is 2.08 bits per heavy atom. The van der Waals surface area contributed by atoms with Crippen molar-refractivity contribution >= 4 is 24.2 Å². The SMILES string of the molecule is CC1Nc2cc(S)ccc2C(=O)N1C(c1ccccc1)c1ccccc1. The summed E-state index contributed by atoms with van der Waals surface area (Å²) >= 11 is 4.39. The predicted molar refractivity (Wildman–Crippen MR) is 108 cm³/mol. The van der Waals surface area contributed by atoms with Gasteiger partial charge in [-0.25, -0.2) is 0 Å². The normalized spacial score (nSPS) is 16.3. The lowest BCUT2D eigenvalue weighted by atomic mass is 9.94. The fourth-order valence-corrected chi connectivity index (χ4v) is 3.78. The number of hydrogen-bond donors (Lipinski definition) is 2. The fourth-order valence-electron chi connectivity index (χ4n) is 3.57. The molecule has 4 heteroatoms. The Labute approximate surface area is 159 Å². The Morgan fingerprint density at radius 2 is 1.50 bits per heavy atom. The maximum Gasteiger partial charge on any atom is 0.258 e. The molecule has 0 aromatic heterocycles. The number of thiol groups is 1. The Balaban J connectivity index is 1.83. The average molecular weight is 360 g/mol. The van der Waals surface area contributed by atoms with Crippen LogP contribution < -0.4 is 5.32 Å². The lowest BCUT2D eigenvalue weighted by Gasteiger charge is -2.41. The van der Waals surface area contributed by atoms with Gasteiger partial charge in [0.1, 0.15) is 0 Å². The Kier molecular flexibility index (Phi) is 4.43. The largest absolute Gasteiger partial charge is 0.365 e. The van der Waals surface area contributed by atoms with Crippen LogP contribution in [0.2, 0.25) is 0 Å². The zero-order valence-corrected chi connectivity index (χ0v) is 15.4. The Morgan fingerprint density at radius 1 is 0.923 bits per heavy atom. The van der Waals surface area contributed by atoms with Gasteiger partial charge in [0.05, 0.1) is 17.8 Å². The molecule has 0 saturated heterocycles. The van der Waals surface area contributed by atoms with E-state index in [-0.39, 0.29) is 18.1 Å². The summed E-state index contributed by atoms with van der Waals surface area (Å²) in [5, 5.41) is 3.46. The topological polar surface area (TPSA) is 32.3 Å². The molecule has 3 aromatic rings. The van der Waals surface area contributed by atoms with E-state index in [9.17, 15) is 4.79 Å². The van der Waals surface area contributed by atoms with Gasteiger partial charge in [-0.2, -0.15) is 0 Å². The first-order valence-corrected chi connectivity index (χ1v) is 9.12. The lowest BCUT2D eigenvalue weighted by Crippen LogP contribution is -2.49. The summed E-state index contributed by atoms with van der Waals surface area (Å²) in [6, 6.07) is 25.8. The molecule has 0 aliphatic carbocycles. The van der Waals surface area contributed by atoms with Gasteiger partial charge in [0.25, 0.3) is 5.91 Å². The van der Waals surface area contributed by atoms with Crippen molar-refractivity contribution in [3.63, 3.8) is 0 Å². The molecule has 4 rings (SSSR count). The van der Waals surface area contributed by atoms with Gasteiger partial charge in [-0.1, -0.05) is 60.7 Å². The van der Waals surface area contributed by atoms with Crippen molar-refractivity contribution in [3.05, 3.63) is 95.6 Å². The highest BCUT2D eigenvalue weighted by Crippen LogP contribution is 2.36. The molecule has 130 valence electrons. The second-order valence-electron chi connectivity index (χ2n) is 6.49.